The van der Waals surface area contributed by atoms with Crippen molar-refractivity contribution in [3.8, 4) is 0 Å². The van der Waals surface area contributed by atoms with E-state index < -0.39 is 4.92 Å². The van der Waals surface area contributed by atoms with Crippen LogP contribution in [0, 0.1) is 22.0 Å². The van der Waals surface area contributed by atoms with Crippen LogP contribution in [0.2, 0.25) is 0 Å². The van der Waals surface area contributed by atoms with Gasteiger partial charge in [-0.1, -0.05) is 0 Å². The number of anilines is 1. The van der Waals surface area contributed by atoms with Gasteiger partial charge < -0.3 is 15.5 Å². The average molecular weight is 346 g/mol. The third-order valence-corrected chi connectivity index (χ3v) is 4.59. The van der Waals surface area contributed by atoms with E-state index in [0.717, 1.165) is 12.2 Å². The number of non-ortho nitro benzene ring substituents is 1. The van der Waals surface area contributed by atoms with Gasteiger partial charge in [-0.15, -0.1) is 0 Å². The van der Waals surface area contributed by atoms with E-state index in [2.05, 4.69) is 10.6 Å². The average Bonchev–Trinajstić information content (AvgIpc) is 3.34. The first kappa shape index (κ1) is 17.2. The van der Waals surface area contributed by atoms with Crippen LogP contribution in [0.4, 0.5) is 11.4 Å². The third-order valence-electron chi connectivity index (χ3n) is 4.59. The van der Waals surface area contributed by atoms with Gasteiger partial charge in [0.15, 0.2) is 0 Å². The SMILES string of the molecule is O=C(NCCNc1ccc([N+](=O)[O-])cc1)[C@@H]1CC(=O)N(CC2CC2)C1. The van der Waals surface area contributed by atoms with E-state index in [1.54, 1.807) is 12.1 Å². The van der Waals surface area contributed by atoms with Crippen molar-refractivity contribution < 1.29 is 14.5 Å². The summed E-state index contributed by atoms with van der Waals surface area (Å²) in [5.41, 5.74) is 0.798. The molecular weight excluding hydrogens is 324 g/mol. The van der Waals surface area contributed by atoms with Crippen molar-refractivity contribution in [2.75, 3.05) is 31.5 Å². The van der Waals surface area contributed by atoms with E-state index >= 15 is 0 Å². The van der Waals surface area contributed by atoms with Crippen molar-refractivity contribution in [2.24, 2.45) is 11.8 Å². The fourth-order valence-electron chi connectivity index (χ4n) is 2.97. The van der Waals surface area contributed by atoms with E-state index in [4.69, 9.17) is 0 Å². The topological polar surface area (TPSA) is 105 Å². The van der Waals surface area contributed by atoms with Crippen LogP contribution in [-0.4, -0.2) is 47.8 Å². The lowest BCUT2D eigenvalue weighted by Gasteiger charge is -2.16. The van der Waals surface area contributed by atoms with Crippen LogP contribution >= 0.6 is 0 Å². The molecule has 2 N–H and O–H groups in total. The molecule has 8 nitrogen and oxygen atoms in total. The Kier molecular flexibility index (Phi) is 5.16. The van der Waals surface area contributed by atoms with Gasteiger partial charge in [-0.05, 0) is 30.9 Å². The molecule has 1 atom stereocenters. The van der Waals surface area contributed by atoms with Gasteiger partial charge in [0, 0.05) is 50.4 Å². The summed E-state index contributed by atoms with van der Waals surface area (Å²) < 4.78 is 0. The van der Waals surface area contributed by atoms with Gasteiger partial charge in [0.1, 0.15) is 0 Å². The summed E-state index contributed by atoms with van der Waals surface area (Å²) in [6.45, 7) is 2.26. The van der Waals surface area contributed by atoms with E-state index in [-0.39, 0.29) is 23.4 Å². The Balaban J connectivity index is 1.36. The van der Waals surface area contributed by atoms with Crippen LogP contribution in [0.25, 0.3) is 0 Å². The predicted molar refractivity (Wildman–Crippen MR) is 92.0 cm³/mol. The highest BCUT2D eigenvalue weighted by Crippen LogP contribution is 2.31. The van der Waals surface area contributed by atoms with Crippen LogP contribution in [0.5, 0.6) is 0 Å². The molecule has 1 aliphatic carbocycles. The van der Waals surface area contributed by atoms with Crippen molar-refractivity contribution in [3.63, 3.8) is 0 Å². The molecule has 0 radical (unpaired) electrons. The molecule has 1 aromatic rings. The first-order valence-corrected chi connectivity index (χ1v) is 8.57. The Hall–Kier alpha value is -2.64. The summed E-state index contributed by atoms with van der Waals surface area (Å²) in [6, 6.07) is 6.12. The van der Waals surface area contributed by atoms with E-state index in [0.29, 0.717) is 32.0 Å². The molecule has 0 spiro atoms. The molecule has 1 heterocycles. The van der Waals surface area contributed by atoms with Gasteiger partial charge in [-0.25, -0.2) is 0 Å². The standard InChI is InChI=1S/C17H22N4O4/c22-16-9-13(11-20(16)10-12-1-2-12)17(23)19-8-7-18-14-3-5-15(6-4-14)21(24)25/h3-6,12-13,18H,1-2,7-11H2,(H,19,23)/t13-/m1/s1. The first-order chi connectivity index (χ1) is 12.0. The highest BCUT2D eigenvalue weighted by Gasteiger charge is 2.36. The van der Waals surface area contributed by atoms with Crippen LogP contribution in [0.1, 0.15) is 19.3 Å². The monoisotopic (exact) mass is 346 g/mol. The minimum atomic E-state index is -0.445. The highest BCUT2D eigenvalue weighted by atomic mass is 16.6. The third kappa shape index (κ3) is 4.68. The second kappa shape index (κ2) is 7.50. The van der Waals surface area contributed by atoms with Crippen LogP contribution in [0.3, 0.4) is 0 Å². The number of nitro benzene ring substituents is 1. The lowest BCUT2D eigenvalue weighted by Crippen LogP contribution is -2.35. The highest BCUT2D eigenvalue weighted by molar-refractivity contribution is 5.89. The number of carbonyl (C=O) groups excluding carboxylic acids is 2. The summed E-state index contributed by atoms with van der Waals surface area (Å²) >= 11 is 0. The molecule has 1 aliphatic heterocycles. The van der Waals surface area contributed by atoms with Gasteiger partial charge in [0.25, 0.3) is 5.69 Å². The molecule has 1 aromatic carbocycles. The van der Waals surface area contributed by atoms with Crippen molar-refractivity contribution in [1.82, 2.24) is 10.2 Å². The van der Waals surface area contributed by atoms with Crippen LogP contribution in [-0.2, 0) is 9.59 Å². The number of rotatable bonds is 8. The Bertz CT molecular complexity index is 657. The zero-order valence-corrected chi connectivity index (χ0v) is 13.9. The van der Waals surface area contributed by atoms with Crippen molar-refractivity contribution in [1.29, 1.82) is 0 Å². The first-order valence-electron chi connectivity index (χ1n) is 8.57. The molecule has 2 fully saturated rings. The molecule has 2 amide bonds. The Morgan fingerprint density at radius 3 is 2.60 bits per heavy atom. The van der Waals surface area contributed by atoms with Gasteiger partial charge in [-0.2, -0.15) is 0 Å². The minimum absolute atomic E-state index is 0.0421. The number of benzene rings is 1. The van der Waals surface area contributed by atoms with E-state index in [1.165, 1.54) is 25.0 Å². The summed E-state index contributed by atoms with van der Waals surface area (Å²) in [5, 5.41) is 16.5. The molecule has 134 valence electrons. The Morgan fingerprint density at radius 2 is 1.96 bits per heavy atom. The lowest BCUT2D eigenvalue weighted by molar-refractivity contribution is -0.384. The van der Waals surface area contributed by atoms with Gasteiger partial charge in [0.2, 0.25) is 11.8 Å². The Labute approximate surface area is 145 Å². The molecule has 0 unspecified atom stereocenters. The molecule has 0 bridgehead atoms. The number of nitrogens with one attached hydrogen (secondary N) is 2. The lowest BCUT2D eigenvalue weighted by atomic mass is 10.1. The second-order valence-corrected chi connectivity index (χ2v) is 6.66. The summed E-state index contributed by atoms with van der Waals surface area (Å²) in [6.07, 6.45) is 2.68. The van der Waals surface area contributed by atoms with Crippen molar-refractivity contribution in [3.05, 3.63) is 34.4 Å². The molecule has 3 rings (SSSR count). The summed E-state index contributed by atoms with van der Waals surface area (Å²) in [4.78, 5) is 36.1. The molecule has 25 heavy (non-hydrogen) atoms. The number of hydrogen-bond acceptors (Lipinski definition) is 5. The van der Waals surface area contributed by atoms with Crippen molar-refractivity contribution >= 4 is 23.2 Å². The fraction of sp³-hybridized carbons (Fsp3) is 0.529. The van der Waals surface area contributed by atoms with Crippen LogP contribution < -0.4 is 10.6 Å². The number of nitrogens with zero attached hydrogens (tertiary/aromatic N) is 2. The maximum absolute atomic E-state index is 12.2. The zero-order chi connectivity index (χ0) is 17.8. The molecule has 2 aliphatic rings. The largest absolute Gasteiger partial charge is 0.383 e. The van der Waals surface area contributed by atoms with Gasteiger partial charge in [-0.3, -0.25) is 19.7 Å². The van der Waals surface area contributed by atoms with Gasteiger partial charge >= 0.3 is 0 Å². The normalized spacial score (nSPS) is 19.8. The van der Waals surface area contributed by atoms with E-state index in [1.807, 2.05) is 4.90 Å². The zero-order valence-electron chi connectivity index (χ0n) is 13.9. The number of nitro groups is 1. The Morgan fingerprint density at radius 1 is 1.24 bits per heavy atom. The van der Waals surface area contributed by atoms with Gasteiger partial charge in [0.05, 0.1) is 10.8 Å². The molecule has 1 saturated heterocycles. The maximum Gasteiger partial charge on any atom is 0.269 e. The number of carbonyl (C=O) groups is 2. The molecule has 8 heteroatoms. The minimum Gasteiger partial charge on any atom is -0.383 e. The number of amides is 2. The molecular formula is C17H22N4O4. The molecule has 0 aromatic heterocycles. The number of hydrogen-bond donors (Lipinski definition) is 2. The summed E-state index contributed by atoms with van der Waals surface area (Å²) in [5.74, 6) is 0.371. The fourth-order valence-corrected chi connectivity index (χ4v) is 2.97. The number of likely N-dealkylation sites (tertiary alicyclic amines) is 1. The maximum atomic E-state index is 12.2. The quantitative estimate of drug-likeness (QED) is 0.420. The smallest absolute Gasteiger partial charge is 0.269 e. The van der Waals surface area contributed by atoms with E-state index in [9.17, 15) is 19.7 Å². The van der Waals surface area contributed by atoms with Crippen LogP contribution in [0.15, 0.2) is 24.3 Å². The predicted octanol–water partition coefficient (Wildman–Crippen LogP) is 1.38. The summed E-state index contributed by atoms with van der Waals surface area (Å²) in [7, 11) is 0. The van der Waals surface area contributed by atoms with Crippen molar-refractivity contribution in [2.45, 2.75) is 19.3 Å². The molecule has 1 saturated carbocycles. The second-order valence-electron chi connectivity index (χ2n) is 6.66.